The minimum atomic E-state index is -3.14. The van der Waals surface area contributed by atoms with Crippen LogP contribution in [0, 0.1) is 0 Å². The standard InChI is InChI=1S/C12H18N2O2S/c13-12-6-8-14(10-12)17(15,16)9-7-11-4-2-1-3-5-11/h1-5,12H,6-10,13H2/t12-/m1/s1. The van der Waals surface area contributed by atoms with Crippen LogP contribution in [0.1, 0.15) is 12.0 Å². The highest BCUT2D eigenvalue weighted by Crippen LogP contribution is 2.14. The number of hydrogen-bond acceptors (Lipinski definition) is 3. The fourth-order valence-corrected chi connectivity index (χ4v) is 3.58. The number of nitrogens with zero attached hydrogens (tertiary/aromatic N) is 1. The number of nitrogens with two attached hydrogens (primary N) is 1. The van der Waals surface area contributed by atoms with Gasteiger partial charge in [-0.05, 0) is 18.4 Å². The lowest BCUT2D eigenvalue weighted by atomic mass is 10.2. The van der Waals surface area contributed by atoms with Crippen LogP contribution in [0.4, 0.5) is 0 Å². The molecule has 0 amide bonds. The van der Waals surface area contributed by atoms with E-state index in [2.05, 4.69) is 0 Å². The van der Waals surface area contributed by atoms with E-state index < -0.39 is 10.0 Å². The van der Waals surface area contributed by atoms with Crippen LogP contribution in [0.3, 0.4) is 0 Å². The smallest absolute Gasteiger partial charge is 0.214 e. The summed E-state index contributed by atoms with van der Waals surface area (Å²) >= 11 is 0. The van der Waals surface area contributed by atoms with Gasteiger partial charge in [-0.2, -0.15) is 0 Å². The van der Waals surface area contributed by atoms with Gasteiger partial charge in [0.1, 0.15) is 0 Å². The Morgan fingerprint density at radius 2 is 2.00 bits per heavy atom. The Labute approximate surface area is 102 Å². The van der Waals surface area contributed by atoms with Crippen LogP contribution in [0.15, 0.2) is 30.3 Å². The first-order valence-corrected chi connectivity index (χ1v) is 7.46. The van der Waals surface area contributed by atoms with Gasteiger partial charge >= 0.3 is 0 Å². The Hall–Kier alpha value is -0.910. The molecule has 1 fully saturated rings. The van der Waals surface area contributed by atoms with E-state index in [1.54, 1.807) is 0 Å². The highest BCUT2D eigenvalue weighted by molar-refractivity contribution is 7.89. The average Bonchev–Trinajstić information content (AvgIpc) is 2.76. The molecule has 0 bridgehead atoms. The molecule has 1 aliphatic heterocycles. The summed E-state index contributed by atoms with van der Waals surface area (Å²) in [5.41, 5.74) is 6.78. The molecule has 1 aromatic carbocycles. The quantitative estimate of drug-likeness (QED) is 0.855. The minimum absolute atomic E-state index is 0.00139. The zero-order valence-corrected chi connectivity index (χ0v) is 10.6. The van der Waals surface area contributed by atoms with Gasteiger partial charge < -0.3 is 5.73 Å². The molecule has 1 heterocycles. The first kappa shape index (κ1) is 12.5. The lowest BCUT2D eigenvalue weighted by Crippen LogP contribution is -2.34. The summed E-state index contributed by atoms with van der Waals surface area (Å²) in [6.07, 6.45) is 1.33. The molecular formula is C12H18N2O2S. The van der Waals surface area contributed by atoms with Crippen molar-refractivity contribution >= 4 is 10.0 Å². The Morgan fingerprint density at radius 3 is 2.59 bits per heavy atom. The van der Waals surface area contributed by atoms with Gasteiger partial charge in [0.05, 0.1) is 5.75 Å². The molecule has 1 atom stereocenters. The van der Waals surface area contributed by atoms with Gasteiger partial charge in [0.2, 0.25) is 10.0 Å². The molecule has 0 spiro atoms. The van der Waals surface area contributed by atoms with Crippen molar-refractivity contribution < 1.29 is 8.42 Å². The van der Waals surface area contributed by atoms with Crippen LogP contribution in [0.2, 0.25) is 0 Å². The highest BCUT2D eigenvalue weighted by atomic mass is 32.2. The van der Waals surface area contributed by atoms with Gasteiger partial charge in [0, 0.05) is 19.1 Å². The molecule has 4 nitrogen and oxygen atoms in total. The van der Waals surface area contributed by atoms with Gasteiger partial charge in [-0.1, -0.05) is 30.3 Å². The van der Waals surface area contributed by atoms with E-state index in [0.29, 0.717) is 19.5 Å². The summed E-state index contributed by atoms with van der Waals surface area (Å²) in [7, 11) is -3.14. The predicted molar refractivity (Wildman–Crippen MR) is 68.1 cm³/mol. The second-order valence-corrected chi connectivity index (χ2v) is 6.55. The third-order valence-corrected chi connectivity index (χ3v) is 4.91. The molecule has 1 aromatic rings. The van der Waals surface area contributed by atoms with E-state index in [-0.39, 0.29) is 11.8 Å². The fourth-order valence-electron chi connectivity index (χ4n) is 2.03. The molecule has 1 aliphatic rings. The van der Waals surface area contributed by atoms with Crippen molar-refractivity contribution in [3.05, 3.63) is 35.9 Å². The van der Waals surface area contributed by atoms with Crippen molar-refractivity contribution in [2.75, 3.05) is 18.8 Å². The van der Waals surface area contributed by atoms with E-state index in [9.17, 15) is 8.42 Å². The lowest BCUT2D eigenvalue weighted by Gasteiger charge is -2.15. The molecule has 0 unspecified atom stereocenters. The summed E-state index contributed by atoms with van der Waals surface area (Å²) in [5, 5.41) is 0. The molecule has 1 saturated heterocycles. The Morgan fingerprint density at radius 1 is 1.29 bits per heavy atom. The maximum Gasteiger partial charge on any atom is 0.214 e. The zero-order valence-electron chi connectivity index (χ0n) is 9.75. The van der Waals surface area contributed by atoms with Crippen LogP contribution < -0.4 is 5.73 Å². The molecule has 0 aliphatic carbocycles. The van der Waals surface area contributed by atoms with Crippen LogP contribution in [0.5, 0.6) is 0 Å². The zero-order chi connectivity index (χ0) is 12.3. The normalized spacial score (nSPS) is 21.8. The van der Waals surface area contributed by atoms with Crippen molar-refractivity contribution in [2.24, 2.45) is 5.73 Å². The van der Waals surface area contributed by atoms with E-state index in [1.165, 1.54) is 4.31 Å². The molecular weight excluding hydrogens is 236 g/mol. The lowest BCUT2D eigenvalue weighted by molar-refractivity contribution is 0.472. The second kappa shape index (κ2) is 5.16. The third-order valence-electron chi connectivity index (χ3n) is 3.07. The molecule has 2 rings (SSSR count). The first-order valence-electron chi connectivity index (χ1n) is 5.85. The summed E-state index contributed by atoms with van der Waals surface area (Å²) < 4.78 is 25.6. The first-order chi connectivity index (χ1) is 8.08. The monoisotopic (exact) mass is 254 g/mol. The van der Waals surface area contributed by atoms with Gasteiger partial charge in [0.25, 0.3) is 0 Å². The van der Waals surface area contributed by atoms with Crippen molar-refractivity contribution in [2.45, 2.75) is 18.9 Å². The van der Waals surface area contributed by atoms with E-state index in [0.717, 1.165) is 12.0 Å². The number of rotatable bonds is 4. The van der Waals surface area contributed by atoms with Gasteiger partial charge in [-0.15, -0.1) is 0 Å². The molecule has 0 radical (unpaired) electrons. The second-order valence-electron chi connectivity index (χ2n) is 4.46. The van der Waals surface area contributed by atoms with E-state index in [4.69, 9.17) is 5.73 Å². The van der Waals surface area contributed by atoms with Crippen molar-refractivity contribution in [1.82, 2.24) is 4.31 Å². The van der Waals surface area contributed by atoms with Gasteiger partial charge in [-0.3, -0.25) is 0 Å². The Kier molecular flexibility index (Phi) is 3.81. The van der Waals surface area contributed by atoms with Crippen LogP contribution in [0.25, 0.3) is 0 Å². The maximum atomic E-state index is 12.0. The average molecular weight is 254 g/mol. The number of sulfonamides is 1. The SMILES string of the molecule is N[C@@H]1CCN(S(=O)(=O)CCc2ccccc2)C1. The molecule has 5 heteroatoms. The van der Waals surface area contributed by atoms with E-state index in [1.807, 2.05) is 30.3 Å². The number of hydrogen-bond donors (Lipinski definition) is 1. The Bertz CT molecular complexity index is 459. The highest BCUT2D eigenvalue weighted by Gasteiger charge is 2.28. The molecule has 94 valence electrons. The summed E-state index contributed by atoms with van der Waals surface area (Å²) in [6.45, 7) is 1.04. The summed E-state index contributed by atoms with van der Waals surface area (Å²) in [4.78, 5) is 0. The predicted octanol–water partition coefficient (Wildman–Crippen LogP) is 0.592. The van der Waals surface area contributed by atoms with Gasteiger partial charge in [-0.25, -0.2) is 12.7 Å². The van der Waals surface area contributed by atoms with Crippen molar-refractivity contribution in [1.29, 1.82) is 0 Å². The largest absolute Gasteiger partial charge is 0.326 e. The van der Waals surface area contributed by atoms with E-state index >= 15 is 0 Å². The van der Waals surface area contributed by atoms with Crippen molar-refractivity contribution in [3.63, 3.8) is 0 Å². The summed E-state index contributed by atoms with van der Waals surface area (Å²) in [6, 6.07) is 9.68. The number of benzene rings is 1. The topological polar surface area (TPSA) is 63.4 Å². The maximum absolute atomic E-state index is 12.0. The van der Waals surface area contributed by atoms with Crippen molar-refractivity contribution in [3.8, 4) is 0 Å². The molecule has 0 saturated carbocycles. The van der Waals surface area contributed by atoms with Crippen LogP contribution >= 0.6 is 0 Å². The fraction of sp³-hybridized carbons (Fsp3) is 0.500. The molecule has 2 N–H and O–H groups in total. The summed E-state index contributed by atoms with van der Waals surface area (Å²) in [5.74, 6) is 0.170. The third kappa shape index (κ3) is 3.28. The molecule has 17 heavy (non-hydrogen) atoms. The molecule has 0 aromatic heterocycles. The number of aryl methyl sites for hydroxylation is 1. The van der Waals surface area contributed by atoms with Gasteiger partial charge in [0.15, 0.2) is 0 Å². The Balaban J connectivity index is 1.94. The van der Waals surface area contributed by atoms with Crippen LogP contribution in [-0.2, 0) is 16.4 Å². The minimum Gasteiger partial charge on any atom is -0.326 e. The van der Waals surface area contributed by atoms with Crippen LogP contribution in [-0.4, -0.2) is 37.6 Å².